The summed E-state index contributed by atoms with van der Waals surface area (Å²) >= 11 is 0. The topological polar surface area (TPSA) is 46.2 Å². The van der Waals surface area contributed by atoms with Gasteiger partial charge >= 0.3 is 0 Å². The lowest BCUT2D eigenvalue weighted by Crippen LogP contribution is -2.05. The Balaban J connectivity index is 0.00000113. The van der Waals surface area contributed by atoms with Crippen molar-refractivity contribution in [2.75, 3.05) is 5.32 Å². The van der Waals surface area contributed by atoms with E-state index in [-0.39, 0.29) is 11.5 Å². The van der Waals surface area contributed by atoms with Crippen molar-refractivity contribution in [2.24, 2.45) is 0 Å². The van der Waals surface area contributed by atoms with Gasteiger partial charge in [0.25, 0.3) is 5.91 Å². The highest BCUT2D eigenvalue weighted by Gasteiger charge is 2.27. The van der Waals surface area contributed by atoms with Crippen molar-refractivity contribution in [2.45, 2.75) is 87.5 Å². The van der Waals surface area contributed by atoms with Crippen molar-refractivity contribution in [3.05, 3.63) is 82.7 Å². The van der Waals surface area contributed by atoms with Crippen LogP contribution in [-0.4, -0.2) is 12.2 Å². The minimum Gasteiger partial charge on any atom is -0.321 e. The number of allylic oxidation sites excluding steroid dienone is 4. The third-order valence-electron chi connectivity index (χ3n) is 5.88. The van der Waals surface area contributed by atoms with Gasteiger partial charge < -0.3 is 5.32 Å². The summed E-state index contributed by atoms with van der Waals surface area (Å²) in [5.74, 6) is 1.32. The summed E-state index contributed by atoms with van der Waals surface area (Å²) in [4.78, 5) is 23.4. The van der Waals surface area contributed by atoms with E-state index in [1.807, 2.05) is 58.0 Å². The van der Waals surface area contributed by atoms with Gasteiger partial charge in [0, 0.05) is 5.56 Å². The number of anilines is 1. The second-order valence-electron chi connectivity index (χ2n) is 8.93. The second kappa shape index (κ2) is 19.4. The van der Waals surface area contributed by atoms with Crippen LogP contribution in [0.25, 0.3) is 16.7 Å². The van der Waals surface area contributed by atoms with E-state index in [9.17, 15) is 14.0 Å². The molecule has 0 atom stereocenters. The molecule has 0 saturated carbocycles. The fourth-order valence-electron chi connectivity index (χ4n) is 3.88. The first kappa shape index (κ1) is 35.3. The molecule has 1 amide bonds. The highest BCUT2D eigenvalue weighted by Crippen LogP contribution is 2.36. The zero-order chi connectivity index (χ0) is 30.0. The predicted octanol–water partition coefficient (Wildman–Crippen LogP) is 10.1. The highest BCUT2D eigenvalue weighted by molar-refractivity contribution is 6.32. The smallest absolute Gasteiger partial charge is 0.256 e. The third kappa shape index (κ3) is 10.9. The number of carbonyl (C=O) groups excluding carboxylic acids is 2. The zero-order valence-corrected chi connectivity index (χ0v) is 25.1. The summed E-state index contributed by atoms with van der Waals surface area (Å²) < 4.78 is 14.1. The molecule has 0 fully saturated rings. The first-order valence-electron chi connectivity index (χ1n) is 13.8. The molecular formula is C35H46FNO2. The second-order valence-corrected chi connectivity index (χ2v) is 8.93. The van der Waals surface area contributed by atoms with Crippen LogP contribution in [0.3, 0.4) is 0 Å². The summed E-state index contributed by atoms with van der Waals surface area (Å²) in [5, 5.41) is 2.72. The lowest BCUT2D eigenvalue weighted by atomic mass is 9.95. The SMILES string of the molecule is C#CC.C=C(C)c1ccc(/C(=C/C(C)=C2\C(=O)Nc3cc(C=O)c(F)cc32)CC)cc1.CC.CCCCCC. The fraction of sp³-hybridized carbons (Fsp3) is 0.371. The fourth-order valence-corrected chi connectivity index (χ4v) is 3.88. The predicted molar refractivity (Wildman–Crippen MR) is 168 cm³/mol. The van der Waals surface area contributed by atoms with E-state index < -0.39 is 5.82 Å². The number of benzene rings is 2. The van der Waals surface area contributed by atoms with Crippen LogP contribution in [0.4, 0.5) is 10.1 Å². The molecule has 2 aromatic rings. The molecule has 0 unspecified atom stereocenters. The van der Waals surface area contributed by atoms with Crippen molar-refractivity contribution in [1.82, 2.24) is 0 Å². The molecule has 39 heavy (non-hydrogen) atoms. The van der Waals surface area contributed by atoms with Gasteiger partial charge in [-0.1, -0.05) is 103 Å². The Bertz CT molecular complexity index is 1190. The summed E-state index contributed by atoms with van der Waals surface area (Å²) in [7, 11) is 0. The maximum atomic E-state index is 14.1. The van der Waals surface area contributed by atoms with E-state index in [0.717, 1.165) is 34.3 Å². The maximum Gasteiger partial charge on any atom is 0.256 e. The molecule has 3 nitrogen and oxygen atoms in total. The Hall–Kier alpha value is -3.71. The van der Waals surface area contributed by atoms with Crippen molar-refractivity contribution in [3.63, 3.8) is 0 Å². The summed E-state index contributed by atoms with van der Waals surface area (Å²) in [6.45, 7) is 19.9. The van der Waals surface area contributed by atoms with E-state index in [1.54, 1.807) is 6.92 Å². The van der Waals surface area contributed by atoms with Gasteiger partial charge in [-0.25, -0.2) is 4.39 Å². The largest absolute Gasteiger partial charge is 0.321 e. The minimum atomic E-state index is -0.634. The maximum absolute atomic E-state index is 14.1. The molecule has 0 aromatic heterocycles. The van der Waals surface area contributed by atoms with Gasteiger partial charge in [-0.3, -0.25) is 9.59 Å². The molecule has 0 aliphatic carbocycles. The number of halogens is 1. The molecule has 210 valence electrons. The molecule has 3 rings (SSSR count). The summed E-state index contributed by atoms with van der Waals surface area (Å²) in [6.07, 6.45) is 13.3. The molecule has 2 aromatic carbocycles. The number of aldehydes is 1. The van der Waals surface area contributed by atoms with Crippen molar-refractivity contribution in [3.8, 4) is 12.3 Å². The Morgan fingerprint density at radius 3 is 1.97 bits per heavy atom. The van der Waals surface area contributed by atoms with Crippen LogP contribution in [0.5, 0.6) is 0 Å². The Morgan fingerprint density at radius 2 is 1.54 bits per heavy atom. The van der Waals surface area contributed by atoms with Gasteiger partial charge in [-0.15, -0.1) is 12.3 Å². The van der Waals surface area contributed by atoms with E-state index in [1.165, 1.54) is 37.8 Å². The number of hydrogen-bond donors (Lipinski definition) is 1. The lowest BCUT2D eigenvalue weighted by molar-refractivity contribution is -0.110. The quantitative estimate of drug-likeness (QED) is 0.159. The third-order valence-corrected chi connectivity index (χ3v) is 5.88. The normalized spacial score (nSPS) is 12.6. The average Bonchev–Trinajstić information content (AvgIpc) is 3.26. The van der Waals surface area contributed by atoms with Crippen LogP contribution in [0, 0.1) is 18.2 Å². The number of fused-ring (bicyclic) bond motifs is 1. The summed E-state index contributed by atoms with van der Waals surface area (Å²) in [5.41, 5.74) is 6.27. The lowest BCUT2D eigenvalue weighted by Gasteiger charge is -2.09. The Morgan fingerprint density at radius 1 is 1.03 bits per heavy atom. The summed E-state index contributed by atoms with van der Waals surface area (Å²) in [6, 6.07) is 10.7. The average molecular weight is 532 g/mol. The molecule has 4 heteroatoms. The van der Waals surface area contributed by atoms with Crippen molar-refractivity contribution in [1.29, 1.82) is 0 Å². The molecule has 1 N–H and O–H groups in total. The zero-order valence-electron chi connectivity index (χ0n) is 25.1. The van der Waals surface area contributed by atoms with Gasteiger partial charge in [0.1, 0.15) is 5.82 Å². The van der Waals surface area contributed by atoms with Gasteiger partial charge in [-0.05, 0) is 61.6 Å². The number of nitrogens with one attached hydrogen (secondary N) is 1. The first-order chi connectivity index (χ1) is 18.7. The number of hydrogen-bond acceptors (Lipinski definition) is 2. The van der Waals surface area contributed by atoms with Gasteiger partial charge in [-0.2, -0.15) is 0 Å². The Kier molecular flexibility index (Phi) is 17.5. The monoisotopic (exact) mass is 531 g/mol. The molecule has 0 saturated heterocycles. The number of rotatable bonds is 8. The van der Waals surface area contributed by atoms with E-state index in [0.29, 0.717) is 23.1 Å². The molecule has 1 aliphatic rings. The van der Waals surface area contributed by atoms with Crippen LogP contribution in [0.2, 0.25) is 0 Å². The van der Waals surface area contributed by atoms with Gasteiger partial charge in [0.2, 0.25) is 0 Å². The van der Waals surface area contributed by atoms with Gasteiger partial charge in [0.05, 0.1) is 16.8 Å². The van der Waals surface area contributed by atoms with E-state index >= 15 is 0 Å². The number of unbranched alkanes of at least 4 members (excludes halogenated alkanes) is 3. The molecule has 0 bridgehead atoms. The molecule has 0 spiro atoms. The molecule has 1 heterocycles. The molecule has 1 aliphatic heterocycles. The van der Waals surface area contributed by atoms with Crippen LogP contribution in [0.1, 0.15) is 115 Å². The molecular weight excluding hydrogens is 485 g/mol. The number of terminal acetylenes is 1. The van der Waals surface area contributed by atoms with Crippen LogP contribution < -0.4 is 5.32 Å². The number of carbonyl (C=O) groups is 2. The van der Waals surface area contributed by atoms with Gasteiger partial charge in [0.15, 0.2) is 6.29 Å². The van der Waals surface area contributed by atoms with Crippen LogP contribution in [0.15, 0.2) is 54.6 Å². The van der Waals surface area contributed by atoms with E-state index in [4.69, 9.17) is 0 Å². The highest BCUT2D eigenvalue weighted by atomic mass is 19.1. The van der Waals surface area contributed by atoms with E-state index in [2.05, 4.69) is 45.0 Å². The standard InChI is InChI=1S/C24H22FNO2.C6H14.C3H4.C2H6/c1-5-16(18-8-6-17(7-9-18)14(2)3)10-15(4)23-20-12-21(25)19(13-27)11-22(20)26-24(23)28;1-3-5-6-4-2;1-3-2;1-2/h6-13H,2,5H2,1,3-4H3,(H,26,28);3-6H2,1-2H3;1H,2H3;1-2H3/b16-10+,23-15-;;;. The van der Waals surface area contributed by atoms with Crippen molar-refractivity contribution < 1.29 is 14.0 Å². The van der Waals surface area contributed by atoms with Crippen LogP contribution in [-0.2, 0) is 4.79 Å². The minimum absolute atomic E-state index is 0.0691. The first-order valence-corrected chi connectivity index (χ1v) is 13.8. The Labute approximate surface area is 236 Å². The van der Waals surface area contributed by atoms with Crippen molar-refractivity contribution >= 4 is 34.6 Å². The van der Waals surface area contributed by atoms with Crippen LogP contribution >= 0.6 is 0 Å². The molecule has 0 radical (unpaired) electrons. The number of amides is 1.